The minimum atomic E-state index is -0.804. The van der Waals surface area contributed by atoms with Gasteiger partial charge in [0.1, 0.15) is 17.5 Å². The van der Waals surface area contributed by atoms with Gasteiger partial charge in [-0.1, -0.05) is 29.3 Å². The Morgan fingerprint density at radius 2 is 2.00 bits per heavy atom. The molecule has 0 aliphatic carbocycles. The smallest absolute Gasteiger partial charge is 0.243 e. The standard InChI is InChI=1S/C15H12Cl2FN3O/c16-9-5-4-8(6-10(9)17)21-7-12(19)15(22)20-14-11(18)2-1-3-13(14)21/h1-6,12H,7,19H2,(H,20,22)/t12-/m0/s1. The van der Waals surface area contributed by atoms with Crippen molar-refractivity contribution in [2.75, 3.05) is 16.8 Å². The largest absolute Gasteiger partial charge is 0.338 e. The third kappa shape index (κ3) is 2.63. The molecule has 1 atom stereocenters. The lowest BCUT2D eigenvalue weighted by Crippen LogP contribution is -2.41. The van der Waals surface area contributed by atoms with Crippen molar-refractivity contribution in [2.45, 2.75) is 6.04 Å². The Morgan fingerprint density at radius 3 is 2.73 bits per heavy atom. The van der Waals surface area contributed by atoms with Gasteiger partial charge in [-0.3, -0.25) is 4.79 Å². The molecule has 0 aromatic heterocycles. The fourth-order valence-electron chi connectivity index (χ4n) is 2.35. The van der Waals surface area contributed by atoms with Gasteiger partial charge in [-0.2, -0.15) is 0 Å². The van der Waals surface area contributed by atoms with Crippen molar-refractivity contribution in [1.82, 2.24) is 0 Å². The van der Waals surface area contributed by atoms with E-state index < -0.39 is 17.8 Å². The summed E-state index contributed by atoms with van der Waals surface area (Å²) in [6, 6.07) is 8.79. The molecule has 1 aliphatic rings. The van der Waals surface area contributed by atoms with Gasteiger partial charge < -0.3 is 16.0 Å². The number of anilines is 3. The van der Waals surface area contributed by atoms with E-state index in [0.29, 0.717) is 21.4 Å². The van der Waals surface area contributed by atoms with Crippen LogP contribution >= 0.6 is 23.2 Å². The highest BCUT2D eigenvalue weighted by Gasteiger charge is 2.28. The van der Waals surface area contributed by atoms with Crippen molar-refractivity contribution >= 4 is 46.2 Å². The number of halogens is 3. The number of nitrogens with one attached hydrogen (secondary N) is 1. The van der Waals surface area contributed by atoms with Gasteiger partial charge in [-0.25, -0.2) is 4.39 Å². The molecule has 3 rings (SSSR count). The molecular weight excluding hydrogens is 328 g/mol. The number of fused-ring (bicyclic) bond motifs is 1. The van der Waals surface area contributed by atoms with Crippen molar-refractivity contribution in [2.24, 2.45) is 5.73 Å². The highest BCUT2D eigenvalue weighted by Crippen LogP contribution is 2.37. The Labute approximate surface area is 136 Å². The SMILES string of the molecule is N[C@H]1CN(c2ccc(Cl)c(Cl)c2)c2cccc(F)c2NC1=O. The van der Waals surface area contributed by atoms with Crippen LogP contribution in [0.5, 0.6) is 0 Å². The summed E-state index contributed by atoms with van der Waals surface area (Å²) in [4.78, 5) is 13.7. The van der Waals surface area contributed by atoms with Crippen LogP contribution in [0, 0.1) is 5.82 Å². The van der Waals surface area contributed by atoms with Gasteiger partial charge in [0.25, 0.3) is 0 Å². The first-order chi connectivity index (χ1) is 10.5. The molecule has 3 N–H and O–H groups in total. The van der Waals surface area contributed by atoms with Crippen LogP contribution in [0.3, 0.4) is 0 Å². The third-order valence-corrected chi connectivity index (χ3v) is 4.20. The predicted molar refractivity (Wildman–Crippen MR) is 86.5 cm³/mol. The second-order valence-corrected chi connectivity index (χ2v) is 5.75. The quantitative estimate of drug-likeness (QED) is 0.835. The van der Waals surface area contributed by atoms with Crippen molar-refractivity contribution in [3.8, 4) is 0 Å². The zero-order valence-corrected chi connectivity index (χ0v) is 12.8. The van der Waals surface area contributed by atoms with Crippen LogP contribution in [0.2, 0.25) is 10.0 Å². The summed E-state index contributed by atoms with van der Waals surface area (Å²) in [5, 5.41) is 3.31. The summed E-state index contributed by atoms with van der Waals surface area (Å²) in [7, 11) is 0. The molecule has 0 radical (unpaired) electrons. The first kappa shape index (κ1) is 15.1. The Hall–Kier alpha value is -1.82. The number of hydrogen-bond acceptors (Lipinski definition) is 3. The topological polar surface area (TPSA) is 58.4 Å². The average molecular weight is 340 g/mol. The molecular formula is C15H12Cl2FN3O. The number of nitrogens with zero attached hydrogens (tertiary/aromatic N) is 1. The molecule has 0 saturated carbocycles. The Morgan fingerprint density at radius 1 is 1.23 bits per heavy atom. The van der Waals surface area contributed by atoms with Crippen LogP contribution in [0.4, 0.5) is 21.5 Å². The molecule has 0 unspecified atom stereocenters. The van der Waals surface area contributed by atoms with Gasteiger partial charge in [0.2, 0.25) is 5.91 Å². The molecule has 0 fully saturated rings. The van der Waals surface area contributed by atoms with Crippen molar-refractivity contribution in [3.63, 3.8) is 0 Å². The minimum Gasteiger partial charge on any atom is -0.338 e. The van der Waals surface area contributed by atoms with E-state index in [9.17, 15) is 9.18 Å². The highest BCUT2D eigenvalue weighted by molar-refractivity contribution is 6.42. The van der Waals surface area contributed by atoms with Crippen molar-refractivity contribution < 1.29 is 9.18 Å². The monoisotopic (exact) mass is 339 g/mol. The number of rotatable bonds is 1. The van der Waals surface area contributed by atoms with E-state index in [4.69, 9.17) is 28.9 Å². The summed E-state index contributed by atoms with van der Waals surface area (Å²) >= 11 is 12.0. The Bertz CT molecular complexity index is 754. The van der Waals surface area contributed by atoms with E-state index in [0.717, 1.165) is 0 Å². The van der Waals surface area contributed by atoms with E-state index in [1.165, 1.54) is 6.07 Å². The second-order valence-electron chi connectivity index (χ2n) is 4.94. The Kier molecular flexibility index (Phi) is 3.95. The molecule has 1 heterocycles. The molecule has 0 saturated heterocycles. The van der Waals surface area contributed by atoms with Crippen LogP contribution in [0.15, 0.2) is 36.4 Å². The summed E-state index contributed by atoms with van der Waals surface area (Å²) in [5.41, 5.74) is 7.16. The van der Waals surface area contributed by atoms with Gasteiger partial charge in [0.05, 0.1) is 15.7 Å². The summed E-state index contributed by atoms with van der Waals surface area (Å²) in [6.07, 6.45) is 0. The number of para-hydroxylation sites is 1. The number of carbonyl (C=O) groups excluding carboxylic acids is 1. The van der Waals surface area contributed by atoms with Crippen molar-refractivity contribution in [1.29, 1.82) is 0 Å². The molecule has 22 heavy (non-hydrogen) atoms. The lowest BCUT2D eigenvalue weighted by Gasteiger charge is -2.26. The highest BCUT2D eigenvalue weighted by atomic mass is 35.5. The first-order valence-electron chi connectivity index (χ1n) is 6.55. The first-order valence-corrected chi connectivity index (χ1v) is 7.30. The zero-order chi connectivity index (χ0) is 15.9. The normalized spacial score (nSPS) is 17.7. The molecule has 7 heteroatoms. The fourth-order valence-corrected chi connectivity index (χ4v) is 2.65. The maximum Gasteiger partial charge on any atom is 0.243 e. The van der Waals surface area contributed by atoms with Gasteiger partial charge in [-0.15, -0.1) is 0 Å². The molecule has 4 nitrogen and oxygen atoms in total. The second kappa shape index (κ2) is 5.76. The van der Waals surface area contributed by atoms with E-state index in [-0.39, 0.29) is 12.2 Å². The van der Waals surface area contributed by atoms with Crippen LogP contribution in [0.1, 0.15) is 0 Å². The molecule has 1 amide bonds. The summed E-state index contributed by atoms with van der Waals surface area (Å²) in [6.45, 7) is 0.195. The molecule has 2 aromatic carbocycles. The lowest BCUT2D eigenvalue weighted by molar-refractivity contribution is -0.117. The summed E-state index contributed by atoms with van der Waals surface area (Å²) < 4.78 is 14.1. The van der Waals surface area contributed by atoms with Gasteiger partial charge >= 0.3 is 0 Å². The molecule has 2 aromatic rings. The third-order valence-electron chi connectivity index (χ3n) is 3.46. The number of carbonyl (C=O) groups is 1. The number of nitrogens with two attached hydrogens (primary N) is 1. The van der Waals surface area contributed by atoms with E-state index >= 15 is 0 Å². The Balaban J connectivity index is 2.16. The van der Waals surface area contributed by atoms with Crippen LogP contribution in [-0.4, -0.2) is 18.5 Å². The van der Waals surface area contributed by atoms with Gasteiger partial charge in [0, 0.05) is 12.2 Å². The minimum absolute atomic E-state index is 0.103. The van der Waals surface area contributed by atoms with E-state index in [2.05, 4.69) is 5.32 Å². The fraction of sp³-hybridized carbons (Fsp3) is 0.133. The van der Waals surface area contributed by atoms with Gasteiger partial charge in [-0.05, 0) is 30.3 Å². The molecule has 114 valence electrons. The molecule has 1 aliphatic heterocycles. The number of amides is 1. The number of benzene rings is 2. The lowest BCUT2D eigenvalue weighted by atomic mass is 10.2. The molecule has 0 spiro atoms. The maximum absolute atomic E-state index is 14.1. The van der Waals surface area contributed by atoms with E-state index in [1.807, 2.05) is 0 Å². The zero-order valence-electron chi connectivity index (χ0n) is 11.3. The predicted octanol–water partition coefficient (Wildman–Crippen LogP) is 3.55. The average Bonchev–Trinajstić information content (AvgIpc) is 2.61. The van der Waals surface area contributed by atoms with Crippen LogP contribution < -0.4 is 16.0 Å². The van der Waals surface area contributed by atoms with Gasteiger partial charge in [0.15, 0.2) is 0 Å². The molecule has 0 bridgehead atoms. The van der Waals surface area contributed by atoms with Crippen LogP contribution in [-0.2, 0) is 4.79 Å². The number of hydrogen-bond donors (Lipinski definition) is 2. The summed E-state index contributed by atoms with van der Waals surface area (Å²) in [5.74, 6) is -0.959. The van der Waals surface area contributed by atoms with E-state index in [1.54, 1.807) is 35.2 Å². The maximum atomic E-state index is 14.1. The van der Waals surface area contributed by atoms with Crippen molar-refractivity contribution in [3.05, 3.63) is 52.3 Å². The van der Waals surface area contributed by atoms with Crippen LogP contribution in [0.25, 0.3) is 0 Å².